The molecule has 2 aliphatic heterocycles. The highest BCUT2D eigenvalue weighted by Gasteiger charge is 2.49. The number of nitrogens with one attached hydrogen (secondary N) is 4. The van der Waals surface area contributed by atoms with Crippen molar-refractivity contribution in [2.75, 3.05) is 55.9 Å². The molecule has 0 bridgehead atoms. The standard InChI is InChI=1S/C73H116FN11O13S/c1-24-53-69(92)79(17)38-58(86)80(18)54(32-40(2)3)66(89)78-60(44(10)11)72(95)81(19)55(33-41(4)5)65(88)75-47(15)64(87)76-48(16)68(91)82(20)56(34-42(6)7)70(93)83(21)57(35-43(8)9)71(94)84(22)61(45(12)13)73(96)85(23)62(67(90)77-53)63-46(14)36-59(98-63)99-52-27-25-26-51(37-52)97-39-49-28-30-50(74)31-29-49/h25-31,37,40-48,53-57,59-63H,24,32-36,38-39H2,1-23H3,(H,75,88)(H,76,87)(H,77,90)(H,78,89)/t46-,47+,48-,53+,54+,55+,56+,57+,59+,60+,61+,62+,63-/m1/s1. The smallest absolute Gasteiger partial charge is 0.246 e. The van der Waals surface area contributed by atoms with Gasteiger partial charge in [-0.1, -0.05) is 127 Å². The number of amides is 11. The molecule has 0 aromatic heterocycles. The van der Waals surface area contributed by atoms with Crippen LogP contribution >= 0.6 is 11.8 Å². The lowest BCUT2D eigenvalue weighted by Crippen LogP contribution is -2.63. The molecule has 26 heteroatoms. The summed E-state index contributed by atoms with van der Waals surface area (Å²) in [7, 11) is 10.1. The second-order valence-electron chi connectivity index (χ2n) is 29.6. The molecular weight excluding hydrogens is 1290 g/mol. The lowest BCUT2D eigenvalue weighted by atomic mass is 9.93. The Balaban J connectivity index is 1.89. The van der Waals surface area contributed by atoms with Gasteiger partial charge in [0.15, 0.2) is 0 Å². The molecule has 0 spiro atoms. The normalized spacial score (nSPS) is 27.0. The largest absolute Gasteiger partial charge is 0.489 e. The number of nitrogens with zero attached hydrogens (tertiary/aromatic N) is 7. The van der Waals surface area contributed by atoms with Crippen molar-refractivity contribution in [3.05, 3.63) is 59.9 Å². The zero-order valence-corrected chi connectivity index (χ0v) is 63.8. The van der Waals surface area contributed by atoms with E-state index in [4.69, 9.17) is 9.47 Å². The summed E-state index contributed by atoms with van der Waals surface area (Å²) in [6, 6.07) is 1.10. The van der Waals surface area contributed by atoms with Crippen molar-refractivity contribution < 1.29 is 66.6 Å². The highest BCUT2D eigenvalue weighted by atomic mass is 32.2. The van der Waals surface area contributed by atoms with Crippen molar-refractivity contribution >= 4 is 76.7 Å². The van der Waals surface area contributed by atoms with Gasteiger partial charge in [0.05, 0.1) is 12.6 Å². The van der Waals surface area contributed by atoms with Gasteiger partial charge < -0.3 is 65.0 Å². The first-order chi connectivity index (χ1) is 46.1. The first-order valence-electron chi connectivity index (χ1n) is 35.0. The van der Waals surface area contributed by atoms with Crippen molar-refractivity contribution in [2.45, 2.75) is 233 Å². The molecule has 2 heterocycles. The first kappa shape index (κ1) is 84.1. The number of ether oxygens (including phenoxy) is 2. The minimum Gasteiger partial charge on any atom is -0.489 e. The van der Waals surface area contributed by atoms with Crippen molar-refractivity contribution in [1.29, 1.82) is 0 Å². The van der Waals surface area contributed by atoms with Gasteiger partial charge in [-0.2, -0.15) is 0 Å². The molecule has 24 nitrogen and oxygen atoms in total. The molecule has 0 radical (unpaired) electrons. The SMILES string of the molecule is CC[C@@H]1NC(=O)[C@H]([C@@H]2O[C@@H](Sc3cccc(OCc4ccc(F)cc4)c3)C[C@H]2C)N(C)C(=O)[C@H](C(C)C)N(C)C(=O)[C@H](CC(C)C)N(C)C(=O)[C@H](CC(C)C)N(C)C(=O)[C@@H](C)NC(=O)[C@H](C)NC(=O)[C@H](CC(C)C)N(C)C(=O)[C@H](C(C)C)NC(=O)[C@H](CC(C)C)N(C)C(=O)CN(C)C1=O. The molecule has 11 amide bonds. The fourth-order valence-corrected chi connectivity index (χ4v) is 13.9. The number of hydrogen-bond acceptors (Lipinski definition) is 14. The lowest BCUT2D eigenvalue weighted by molar-refractivity contribution is -0.157. The van der Waals surface area contributed by atoms with E-state index >= 15 is 19.2 Å². The number of likely N-dealkylation sites (N-methyl/N-ethyl adjacent to an activating group) is 7. The Hall–Kier alpha value is -7.35. The van der Waals surface area contributed by atoms with Crippen LogP contribution in [0.25, 0.3) is 0 Å². The molecule has 13 atom stereocenters. The number of carbonyl (C=O) groups is 11. The number of hydrogen-bond donors (Lipinski definition) is 4. The maximum Gasteiger partial charge on any atom is 0.246 e. The van der Waals surface area contributed by atoms with Crippen LogP contribution in [0.3, 0.4) is 0 Å². The molecule has 2 fully saturated rings. The van der Waals surface area contributed by atoms with Gasteiger partial charge in [-0.15, -0.1) is 0 Å². The molecule has 0 unspecified atom stereocenters. The number of rotatable bonds is 17. The fourth-order valence-electron chi connectivity index (χ4n) is 12.7. The highest BCUT2D eigenvalue weighted by Crippen LogP contribution is 2.40. The van der Waals surface area contributed by atoms with Crippen molar-refractivity contribution in [1.82, 2.24) is 55.6 Å². The lowest BCUT2D eigenvalue weighted by Gasteiger charge is -2.41. The topological polar surface area (TPSA) is 277 Å². The van der Waals surface area contributed by atoms with Gasteiger partial charge in [-0.3, -0.25) is 52.7 Å². The van der Waals surface area contributed by atoms with E-state index in [0.29, 0.717) is 12.2 Å². The quantitative estimate of drug-likeness (QED) is 0.131. The summed E-state index contributed by atoms with van der Waals surface area (Å²) in [6.07, 6.45) is 0.0307. The molecule has 2 aromatic rings. The summed E-state index contributed by atoms with van der Waals surface area (Å²) >= 11 is 1.38. The van der Waals surface area contributed by atoms with Crippen LogP contribution in [0.15, 0.2) is 53.4 Å². The molecule has 0 aliphatic carbocycles. The molecule has 2 aliphatic rings. The van der Waals surface area contributed by atoms with Gasteiger partial charge in [-0.05, 0) is 130 Å². The van der Waals surface area contributed by atoms with E-state index < -0.39 is 161 Å². The van der Waals surface area contributed by atoms with Gasteiger partial charge >= 0.3 is 0 Å². The van der Waals surface area contributed by atoms with Crippen LogP contribution in [0.5, 0.6) is 5.75 Å². The van der Waals surface area contributed by atoms with Crippen LogP contribution in [0.1, 0.15) is 155 Å². The number of benzene rings is 2. The molecule has 0 saturated carbocycles. The molecule has 99 heavy (non-hydrogen) atoms. The van der Waals surface area contributed by atoms with Gasteiger partial charge in [0.1, 0.15) is 84.0 Å². The Morgan fingerprint density at radius 1 is 0.525 bits per heavy atom. The molecule has 2 saturated heterocycles. The van der Waals surface area contributed by atoms with Crippen LogP contribution in [-0.4, -0.2) is 227 Å². The Kier molecular flexibility index (Phi) is 32.2. The van der Waals surface area contributed by atoms with E-state index in [9.17, 15) is 38.0 Å². The predicted octanol–water partition coefficient (Wildman–Crippen LogP) is 6.57. The third-order valence-electron chi connectivity index (χ3n) is 18.6. The van der Waals surface area contributed by atoms with Gasteiger partial charge in [0.25, 0.3) is 0 Å². The van der Waals surface area contributed by atoms with Crippen molar-refractivity contribution in [2.24, 2.45) is 41.4 Å². The van der Waals surface area contributed by atoms with E-state index in [1.165, 1.54) is 116 Å². The van der Waals surface area contributed by atoms with Crippen molar-refractivity contribution in [3.8, 4) is 5.75 Å². The maximum atomic E-state index is 15.7. The second-order valence-corrected chi connectivity index (χ2v) is 30.8. The summed E-state index contributed by atoms with van der Waals surface area (Å²) in [5.74, 6) is -9.18. The first-order valence-corrected chi connectivity index (χ1v) is 35.9. The zero-order valence-electron chi connectivity index (χ0n) is 63.0. The molecule has 2 aromatic carbocycles. The summed E-state index contributed by atoms with van der Waals surface area (Å²) in [4.78, 5) is 173. The fraction of sp³-hybridized carbons (Fsp3) is 0.685. The summed E-state index contributed by atoms with van der Waals surface area (Å²) in [5.41, 5.74) is 0.199. The van der Waals surface area contributed by atoms with Gasteiger partial charge in [-0.25, -0.2) is 4.39 Å². The van der Waals surface area contributed by atoms with Crippen molar-refractivity contribution in [3.63, 3.8) is 0 Å². The molecular formula is C73H116FN11O13S. The van der Waals surface area contributed by atoms with Gasteiger partial charge in [0.2, 0.25) is 65.0 Å². The number of carbonyl (C=O) groups excluding carboxylic acids is 11. The van der Waals surface area contributed by atoms with Crippen LogP contribution in [0.4, 0.5) is 4.39 Å². The highest BCUT2D eigenvalue weighted by molar-refractivity contribution is 7.99. The number of halogens is 1. The zero-order chi connectivity index (χ0) is 74.9. The van der Waals surface area contributed by atoms with E-state index in [-0.39, 0.29) is 68.2 Å². The summed E-state index contributed by atoms with van der Waals surface area (Å²) in [5, 5.41) is 11.2. The Labute approximate surface area is 592 Å². The monoisotopic (exact) mass is 1410 g/mol. The van der Waals surface area contributed by atoms with Crippen LogP contribution in [0, 0.1) is 47.2 Å². The van der Waals surface area contributed by atoms with E-state index in [1.807, 2.05) is 80.5 Å². The predicted molar refractivity (Wildman–Crippen MR) is 379 cm³/mol. The average Bonchev–Trinajstić information content (AvgIpc) is 1.78. The minimum absolute atomic E-state index is 0.0317. The Morgan fingerprint density at radius 2 is 1.02 bits per heavy atom. The van der Waals surface area contributed by atoms with E-state index in [2.05, 4.69) is 21.3 Å². The van der Waals surface area contributed by atoms with Crippen LogP contribution in [0.2, 0.25) is 0 Å². The van der Waals surface area contributed by atoms with E-state index in [1.54, 1.807) is 52.8 Å². The number of thioether (sulfide) groups is 1. The van der Waals surface area contributed by atoms with E-state index in [0.717, 1.165) is 15.4 Å². The molecule has 4 N–H and O–H groups in total. The third-order valence-corrected chi connectivity index (χ3v) is 19.7. The summed E-state index contributed by atoms with van der Waals surface area (Å²) in [6.45, 7) is 28.1. The minimum atomic E-state index is -1.43. The molecule has 4 rings (SSSR count). The molecule has 554 valence electrons. The summed E-state index contributed by atoms with van der Waals surface area (Å²) < 4.78 is 26.6. The third kappa shape index (κ3) is 23.1. The Bertz CT molecular complexity index is 3120. The Morgan fingerprint density at radius 3 is 1.55 bits per heavy atom. The van der Waals surface area contributed by atoms with Gasteiger partial charge in [0, 0.05) is 54.2 Å². The second kappa shape index (κ2) is 37.9. The van der Waals surface area contributed by atoms with Crippen LogP contribution < -0.4 is 26.0 Å². The maximum absolute atomic E-state index is 15.7. The van der Waals surface area contributed by atoms with Crippen LogP contribution in [-0.2, 0) is 64.1 Å². The average molecular weight is 1410 g/mol.